The van der Waals surface area contributed by atoms with Gasteiger partial charge >= 0.3 is 6.03 Å². The number of hydrogen-bond donors (Lipinski definition) is 2. The van der Waals surface area contributed by atoms with Gasteiger partial charge in [-0.25, -0.2) is 4.79 Å². The third kappa shape index (κ3) is 3.94. The summed E-state index contributed by atoms with van der Waals surface area (Å²) in [6, 6.07) is 7.13. The molecular weight excluding hydrogens is 328 g/mol. The minimum atomic E-state index is -0.339. The fourth-order valence-corrected chi connectivity index (χ4v) is 2.88. The molecule has 128 valence electrons. The highest BCUT2D eigenvalue weighted by Crippen LogP contribution is 2.30. The van der Waals surface area contributed by atoms with E-state index in [0.29, 0.717) is 24.0 Å². The maximum absolute atomic E-state index is 12.0. The topological polar surface area (TPSA) is 85.4 Å². The second kappa shape index (κ2) is 6.64. The van der Waals surface area contributed by atoms with Gasteiger partial charge in [0.15, 0.2) is 17.6 Å². The molecule has 1 aromatic carbocycles. The lowest BCUT2D eigenvalue weighted by Crippen LogP contribution is -2.42. The van der Waals surface area contributed by atoms with Gasteiger partial charge in [-0.3, -0.25) is 5.32 Å². The van der Waals surface area contributed by atoms with E-state index >= 15 is 0 Å². The van der Waals surface area contributed by atoms with Crippen LogP contribution in [0.4, 0.5) is 9.93 Å². The highest BCUT2D eigenvalue weighted by Gasteiger charge is 2.22. The predicted molar refractivity (Wildman–Crippen MR) is 92.0 cm³/mol. The number of nitrogens with zero attached hydrogens (tertiary/aromatic N) is 2. The highest BCUT2D eigenvalue weighted by molar-refractivity contribution is 7.15. The van der Waals surface area contributed by atoms with E-state index in [2.05, 4.69) is 41.6 Å². The molecule has 2 N–H and O–H groups in total. The number of carbonyl (C=O) groups is 1. The first-order chi connectivity index (χ1) is 11.4. The second-order valence-corrected chi connectivity index (χ2v) is 7.47. The van der Waals surface area contributed by atoms with Gasteiger partial charge in [0.25, 0.3) is 0 Å². The summed E-state index contributed by atoms with van der Waals surface area (Å²) < 4.78 is 11.4. The van der Waals surface area contributed by atoms with Gasteiger partial charge in [-0.15, -0.1) is 10.2 Å². The second-order valence-electron chi connectivity index (χ2n) is 6.49. The number of benzene rings is 1. The number of fused-ring (bicyclic) bond motifs is 1. The lowest BCUT2D eigenvalue weighted by atomic mass is 9.98. The third-order valence-electron chi connectivity index (χ3n) is 3.34. The van der Waals surface area contributed by atoms with Crippen molar-refractivity contribution in [3.05, 3.63) is 29.3 Å². The van der Waals surface area contributed by atoms with Crippen molar-refractivity contribution in [2.24, 2.45) is 0 Å². The van der Waals surface area contributed by atoms with Gasteiger partial charge in [0.2, 0.25) is 5.13 Å². The summed E-state index contributed by atoms with van der Waals surface area (Å²) >= 11 is 1.37. The summed E-state index contributed by atoms with van der Waals surface area (Å²) in [5.41, 5.74) is -0.0886. The molecule has 1 unspecified atom stereocenters. The van der Waals surface area contributed by atoms with Gasteiger partial charge in [0.1, 0.15) is 11.6 Å². The van der Waals surface area contributed by atoms with E-state index in [1.165, 1.54) is 11.3 Å². The summed E-state index contributed by atoms with van der Waals surface area (Å²) in [5.74, 6) is 1.41. The van der Waals surface area contributed by atoms with Crippen LogP contribution in [0.15, 0.2) is 24.3 Å². The number of amides is 2. The zero-order valence-corrected chi connectivity index (χ0v) is 14.6. The first-order valence-corrected chi connectivity index (χ1v) is 8.51. The maximum atomic E-state index is 12.0. The van der Waals surface area contributed by atoms with Crippen LogP contribution in [-0.2, 0) is 5.41 Å². The van der Waals surface area contributed by atoms with Crippen molar-refractivity contribution < 1.29 is 14.3 Å². The fourth-order valence-electron chi connectivity index (χ4n) is 2.09. The van der Waals surface area contributed by atoms with Crippen LogP contribution in [-0.4, -0.2) is 35.5 Å². The van der Waals surface area contributed by atoms with Crippen molar-refractivity contribution in [3.63, 3.8) is 0 Å². The smallest absolute Gasteiger partial charge is 0.321 e. The monoisotopic (exact) mass is 348 g/mol. The van der Waals surface area contributed by atoms with Gasteiger partial charge in [0.05, 0.1) is 6.54 Å². The summed E-state index contributed by atoms with van der Waals surface area (Å²) in [5, 5.41) is 14.9. The van der Waals surface area contributed by atoms with Crippen LogP contribution in [0.25, 0.3) is 0 Å². The van der Waals surface area contributed by atoms with Crippen molar-refractivity contribution in [2.45, 2.75) is 32.3 Å². The molecule has 2 aromatic rings. The summed E-state index contributed by atoms with van der Waals surface area (Å²) in [4.78, 5) is 12.0. The number of hydrogen-bond acceptors (Lipinski definition) is 6. The molecule has 1 aliphatic heterocycles. The molecule has 0 spiro atoms. The molecule has 1 atom stereocenters. The quantitative estimate of drug-likeness (QED) is 0.891. The molecule has 24 heavy (non-hydrogen) atoms. The maximum Gasteiger partial charge on any atom is 0.321 e. The standard InChI is InChI=1S/C16H20N4O3S/c1-16(2,3)13-19-20-15(24-13)18-14(21)17-8-10-9-22-11-6-4-5-7-12(11)23-10/h4-7,10H,8-9H2,1-3H3,(H2,17,18,20,21). The van der Waals surface area contributed by atoms with E-state index in [0.717, 1.165) is 10.8 Å². The van der Waals surface area contributed by atoms with Crippen molar-refractivity contribution in [1.82, 2.24) is 15.5 Å². The van der Waals surface area contributed by atoms with E-state index in [9.17, 15) is 4.79 Å². The molecule has 0 saturated heterocycles. The molecular formula is C16H20N4O3S. The van der Waals surface area contributed by atoms with Crippen molar-refractivity contribution >= 4 is 22.5 Å². The van der Waals surface area contributed by atoms with Crippen LogP contribution in [0.1, 0.15) is 25.8 Å². The van der Waals surface area contributed by atoms with Gasteiger partial charge in [-0.2, -0.15) is 0 Å². The van der Waals surface area contributed by atoms with E-state index in [-0.39, 0.29) is 17.6 Å². The molecule has 1 aliphatic rings. The molecule has 0 saturated carbocycles. The molecule has 8 heteroatoms. The molecule has 1 aromatic heterocycles. The van der Waals surface area contributed by atoms with Crippen LogP contribution in [0.5, 0.6) is 11.5 Å². The first-order valence-electron chi connectivity index (χ1n) is 7.69. The first kappa shape index (κ1) is 16.5. The van der Waals surface area contributed by atoms with Crippen LogP contribution < -0.4 is 20.1 Å². The molecule has 7 nitrogen and oxygen atoms in total. The van der Waals surface area contributed by atoms with Gasteiger partial charge in [-0.05, 0) is 12.1 Å². The predicted octanol–water partition coefficient (Wildman–Crippen LogP) is 2.80. The molecule has 0 aliphatic carbocycles. The normalized spacial score (nSPS) is 16.5. The Morgan fingerprint density at radius 3 is 2.75 bits per heavy atom. The van der Waals surface area contributed by atoms with Crippen LogP contribution >= 0.6 is 11.3 Å². The molecule has 3 rings (SSSR count). The van der Waals surface area contributed by atoms with Crippen LogP contribution in [0, 0.1) is 0 Å². The Balaban J connectivity index is 1.49. The number of carbonyl (C=O) groups excluding carboxylic acids is 1. The largest absolute Gasteiger partial charge is 0.486 e. The number of aromatic nitrogens is 2. The Kier molecular flexibility index (Phi) is 4.57. The fraction of sp³-hybridized carbons (Fsp3) is 0.438. The van der Waals surface area contributed by atoms with Gasteiger partial charge in [-0.1, -0.05) is 44.2 Å². The van der Waals surface area contributed by atoms with E-state index in [4.69, 9.17) is 9.47 Å². The SMILES string of the molecule is CC(C)(C)c1nnc(NC(=O)NCC2COc3ccccc3O2)s1. The molecule has 0 radical (unpaired) electrons. The Morgan fingerprint density at radius 1 is 1.29 bits per heavy atom. The Labute approximate surface area is 144 Å². The lowest BCUT2D eigenvalue weighted by molar-refractivity contribution is 0.0922. The van der Waals surface area contributed by atoms with Crippen molar-refractivity contribution in [3.8, 4) is 11.5 Å². The average Bonchev–Trinajstić information content (AvgIpc) is 3.01. The minimum absolute atomic E-state index is 0.0886. The van der Waals surface area contributed by atoms with E-state index < -0.39 is 0 Å². The lowest BCUT2D eigenvalue weighted by Gasteiger charge is -2.26. The zero-order chi connectivity index (χ0) is 17.2. The van der Waals surface area contributed by atoms with E-state index in [1.807, 2.05) is 24.3 Å². The molecule has 2 heterocycles. The average molecular weight is 348 g/mol. The van der Waals surface area contributed by atoms with Gasteiger partial charge < -0.3 is 14.8 Å². The summed E-state index contributed by atoms with van der Waals surface area (Å²) in [7, 11) is 0. The Bertz CT molecular complexity index is 726. The van der Waals surface area contributed by atoms with Crippen molar-refractivity contribution in [1.29, 1.82) is 0 Å². The van der Waals surface area contributed by atoms with Gasteiger partial charge in [0, 0.05) is 5.41 Å². The number of nitrogens with one attached hydrogen (secondary N) is 2. The summed E-state index contributed by atoms with van der Waals surface area (Å²) in [6.45, 7) is 6.89. The highest BCUT2D eigenvalue weighted by atomic mass is 32.1. The van der Waals surface area contributed by atoms with Crippen LogP contribution in [0.3, 0.4) is 0 Å². The third-order valence-corrected chi connectivity index (χ3v) is 4.61. The zero-order valence-electron chi connectivity index (χ0n) is 13.8. The molecule has 0 bridgehead atoms. The van der Waals surface area contributed by atoms with Crippen LogP contribution in [0.2, 0.25) is 0 Å². The summed E-state index contributed by atoms with van der Waals surface area (Å²) in [6.07, 6.45) is -0.231. The number of ether oxygens (including phenoxy) is 2. The minimum Gasteiger partial charge on any atom is -0.486 e. The Hall–Kier alpha value is -2.35. The molecule has 2 amide bonds. The number of para-hydroxylation sites is 2. The van der Waals surface area contributed by atoms with Crippen molar-refractivity contribution in [2.75, 3.05) is 18.5 Å². The number of rotatable bonds is 3. The number of anilines is 1. The van der Waals surface area contributed by atoms with E-state index in [1.54, 1.807) is 0 Å². The Morgan fingerprint density at radius 2 is 2.04 bits per heavy atom. The number of urea groups is 1. The molecule has 0 fully saturated rings.